The molecule has 0 spiro atoms. The van der Waals surface area contributed by atoms with Gasteiger partial charge in [0.1, 0.15) is 0 Å². The highest BCUT2D eigenvalue weighted by Crippen LogP contribution is 2.22. The van der Waals surface area contributed by atoms with E-state index in [0.717, 1.165) is 6.42 Å². The lowest BCUT2D eigenvalue weighted by atomic mass is 9.90. The summed E-state index contributed by atoms with van der Waals surface area (Å²) >= 11 is 0. The fourth-order valence-corrected chi connectivity index (χ4v) is 2.45. The molecule has 2 amide bonds. The minimum Gasteiger partial charge on any atom is -0.379 e. The molecule has 6 nitrogen and oxygen atoms in total. The molecule has 0 aromatic heterocycles. The molecule has 0 heterocycles. The van der Waals surface area contributed by atoms with Crippen LogP contribution in [0.2, 0.25) is 0 Å². The first kappa shape index (κ1) is 19.9. The second-order valence-electron chi connectivity index (χ2n) is 6.04. The molecule has 0 aliphatic rings. The van der Waals surface area contributed by atoms with Gasteiger partial charge >= 0.3 is 0 Å². The molecular formula is C15H31N3O3. The molecule has 0 bridgehead atoms. The Hall–Kier alpha value is -1.14. The number of rotatable bonds is 9. The van der Waals surface area contributed by atoms with E-state index < -0.39 is 18.1 Å². The van der Waals surface area contributed by atoms with Crippen LogP contribution in [-0.2, 0) is 14.3 Å². The topological polar surface area (TPSA) is 98.7 Å². The first-order chi connectivity index (χ1) is 9.67. The van der Waals surface area contributed by atoms with E-state index in [0.29, 0.717) is 0 Å². The summed E-state index contributed by atoms with van der Waals surface area (Å²) in [7, 11) is 3.25. The molecule has 0 saturated heterocycles. The van der Waals surface area contributed by atoms with Crippen LogP contribution in [0.15, 0.2) is 0 Å². The van der Waals surface area contributed by atoms with Crippen LogP contribution in [0, 0.1) is 11.8 Å². The molecule has 0 saturated carbocycles. The number of methoxy groups -OCH3 is 1. The highest BCUT2D eigenvalue weighted by atomic mass is 16.5. The quantitative estimate of drug-likeness (QED) is 0.656. The summed E-state index contributed by atoms with van der Waals surface area (Å²) in [6.07, 6.45) is 0.517. The minimum absolute atomic E-state index is 0.0506. The smallest absolute Gasteiger partial charge is 0.239 e. The van der Waals surface area contributed by atoms with Gasteiger partial charge in [-0.2, -0.15) is 0 Å². The van der Waals surface area contributed by atoms with Crippen molar-refractivity contribution >= 4 is 11.8 Å². The Bertz CT molecular complexity index is 347. The molecule has 0 aliphatic heterocycles. The second-order valence-corrected chi connectivity index (χ2v) is 6.04. The summed E-state index contributed by atoms with van der Waals surface area (Å²) in [5.74, 6) is -0.358. The molecule has 0 fully saturated rings. The number of hydrogen-bond acceptors (Lipinski definition) is 4. The zero-order chi connectivity index (χ0) is 16.7. The number of carbonyl (C=O) groups is 2. The lowest BCUT2D eigenvalue weighted by Crippen LogP contribution is -2.55. The molecule has 0 aromatic carbocycles. The van der Waals surface area contributed by atoms with Gasteiger partial charge in [0.05, 0.1) is 24.6 Å². The lowest BCUT2D eigenvalue weighted by Gasteiger charge is -2.39. The predicted molar refractivity (Wildman–Crippen MR) is 83.4 cm³/mol. The van der Waals surface area contributed by atoms with Crippen molar-refractivity contribution in [3.8, 4) is 0 Å². The minimum atomic E-state index is -0.562. The summed E-state index contributed by atoms with van der Waals surface area (Å²) in [5, 5.41) is 0. The molecule has 4 atom stereocenters. The Labute approximate surface area is 128 Å². The summed E-state index contributed by atoms with van der Waals surface area (Å²) < 4.78 is 5.42. The Morgan fingerprint density at radius 3 is 2.10 bits per heavy atom. The van der Waals surface area contributed by atoms with E-state index in [2.05, 4.69) is 0 Å². The van der Waals surface area contributed by atoms with Crippen LogP contribution in [0.25, 0.3) is 0 Å². The van der Waals surface area contributed by atoms with Crippen molar-refractivity contribution < 1.29 is 14.3 Å². The van der Waals surface area contributed by atoms with Gasteiger partial charge in [0.2, 0.25) is 11.8 Å². The standard InChI is InChI=1S/C15H31N3O3/c1-7-10(4)14(11(21-6)8-12(16)19)18(5)15(20)13(17)9(2)3/h9-11,13-14H,7-8,17H2,1-6H3,(H2,16,19)/t10-,11+,13-,14-/m0/s1. The van der Waals surface area contributed by atoms with Gasteiger partial charge < -0.3 is 21.1 Å². The highest BCUT2D eigenvalue weighted by molar-refractivity contribution is 5.82. The van der Waals surface area contributed by atoms with E-state index in [9.17, 15) is 9.59 Å². The maximum atomic E-state index is 12.5. The Morgan fingerprint density at radius 2 is 1.76 bits per heavy atom. The van der Waals surface area contributed by atoms with Crippen LogP contribution in [0.1, 0.15) is 40.5 Å². The second kappa shape index (κ2) is 9.00. The third-order valence-corrected chi connectivity index (χ3v) is 4.11. The van der Waals surface area contributed by atoms with Gasteiger partial charge in [0.25, 0.3) is 0 Å². The maximum Gasteiger partial charge on any atom is 0.239 e. The van der Waals surface area contributed by atoms with Crippen LogP contribution in [-0.4, -0.2) is 49.1 Å². The molecule has 4 N–H and O–H groups in total. The molecule has 0 aliphatic carbocycles. The van der Waals surface area contributed by atoms with Crippen molar-refractivity contribution in [2.24, 2.45) is 23.3 Å². The molecule has 6 heteroatoms. The van der Waals surface area contributed by atoms with E-state index in [1.165, 1.54) is 7.11 Å². The average molecular weight is 301 g/mol. The zero-order valence-electron chi connectivity index (χ0n) is 14.1. The van der Waals surface area contributed by atoms with Gasteiger partial charge in [-0.25, -0.2) is 0 Å². The predicted octanol–water partition coefficient (Wildman–Crippen LogP) is 0.733. The van der Waals surface area contributed by atoms with Crippen molar-refractivity contribution in [3.63, 3.8) is 0 Å². The fourth-order valence-electron chi connectivity index (χ4n) is 2.45. The van der Waals surface area contributed by atoms with Gasteiger partial charge in [-0.1, -0.05) is 34.1 Å². The van der Waals surface area contributed by atoms with E-state index >= 15 is 0 Å². The van der Waals surface area contributed by atoms with Gasteiger partial charge in [0.15, 0.2) is 0 Å². The largest absolute Gasteiger partial charge is 0.379 e. The molecular weight excluding hydrogens is 270 g/mol. The number of ether oxygens (including phenoxy) is 1. The zero-order valence-corrected chi connectivity index (χ0v) is 14.1. The third kappa shape index (κ3) is 5.63. The number of hydrogen-bond donors (Lipinski definition) is 2. The van der Waals surface area contributed by atoms with E-state index in [1.807, 2.05) is 27.7 Å². The number of carbonyl (C=O) groups excluding carboxylic acids is 2. The van der Waals surface area contributed by atoms with E-state index in [-0.39, 0.29) is 30.2 Å². The Balaban J connectivity index is 5.30. The van der Waals surface area contributed by atoms with Crippen molar-refractivity contribution in [2.75, 3.05) is 14.2 Å². The van der Waals surface area contributed by atoms with Crippen LogP contribution < -0.4 is 11.5 Å². The number of primary amides is 1. The molecule has 21 heavy (non-hydrogen) atoms. The van der Waals surface area contributed by atoms with Gasteiger partial charge in [-0.05, 0) is 11.8 Å². The number of likely N-dealkylation sites (N-methyl/N-ethyl adjacent to an activating group) is 1. The average Bonchev–Trinajstić information content (AvgIpc) is 2.43. The monoisotopic (exact) mass is 301 g/mol. The van der Waals surface area contributed by atoms with Crippen LogP contribution in [0.4, 0.5) is 0 Å². The van der Waals surface area contributed by atoms with Crippen molar-refractivity contribution in [3.05, 3.63) is 0 Å². The van der Waals surface area contributed by atoms with Crippen molar-refractivity contribution in [1.29, 1.82) is 0 Å². The Morgan fingerprint density at radius 1 is 1.24 bits per heavy atom. The summed E-state index contributed by atoms with van der Waals surface area (Å²) in [6, 6.07) is -0.794. The molecule has 0 rings (SSSR count). The summed E-state index contributed by atoms with van der Waals surface area (Å²) in [5.41, 5.74) is 11.2. The molecule has 0 radical (unpaired) electrons. The number of nitrogens with zero attached hydrogens (tertiary/aromatic N) is 1. The van der Waals surface area contributed by atoms with Gasteiger partial charge in [0, 0.05) is 14.2 Å². The van der Waals surface area contributed by atoms with Gasteiger partial charge in [-0.3, -0.25) is 9.59 Å². The fraction of sp³-hybridized carbons (Fsp3) is 0.867. The normalized spacial score (nSPS) is 17.1. The number of nitrogens with two attached hydrogens (primary N) is 2. The van der Waals surface area contributed by atoms with E-state index in [4.69, 9.17) is 16.2 Å². The molecule has 124 valence electrons. The SMILES string of the molecule is CC[C@H](C)[C@@H]([C@@H](CC(N)=O)OC)N(C)C(=O)[C@@H](N)C(C)C. The molecule has 0 aromatic rings. The van der Waals surface area contributed by atoms with Crippen LogP contribution in [0.5, 0.6) is 0 Å². The Kier molecular flexibility index (Phi) is 8.51. The first-order valence-electron chi connectivity index (χ1n) is 7.50. The summed E-state index contributed by atoms with van der Waals surface area (Å²) in [6.45, 7) is 7.88. The lowest BCUT2D eigenvalue weighted by molar-refractivity contribution is -0.140. The van der Waals surface area contributed by atoms with Crippen LogP contribution >= 0.6 is 0 Å². The maximum absolute atomic E-state index is 12.5. The van der Waals surface area contributed by atoms with Crippen LogP contribution in [0.3, 0.4) is 0 Å². The highest BCUT2D eigenvalue weighted by Gasteiger charge is 2.35. The van der Waals surface area contributed by atoms with Crippen molar-refractivity contribution in [2.45, 2.75) is 58.7 Å². The van der Waals surface area contributed by atoms with E-state index in [1.54, 1.807) is 11.9 Å². The van der Waals surface area contributed by atoms with Gasteiger partial charge in [-0.15, -0.1) is 0 Å². The molecule has 0 unspecified atom stereocenters. The van der Waals surface area contributed by atoms with Crippen molar-refractivity contribution in [1.82, 2.24) is 4.90 Å². The summed E-state index contributed by atoms with van der Waals surface area (Å²) in [4.78, 5) is 25.3. The third-order valence-electron chi connectivity index (χ3n) is 4.11. The number of amides is 2. The first-order valence-corrected chi connectivity index (χ1v) is 7.50.